The van der Waals surface area contributed by atoms with Crippen LogP contribution in [0, 0.1) is 10.1 Å². The Hall–Kier alpha value is -4.10. The summed E-state index contributed by atoms with van der Waals surface area (Å²) in [6, 6.07) is 12.3. The highest BCUT2D eigenvalue weighted by Gasteiger charge is 2.36. The highest BCUT2D eigenvalue weighted by molar-refractivity contribution is 9.10. The van der Waals surface area contributed by atoms with Gasteiger partial charge in [0.05, 0.1) is 30.6 Å². The van der Waals surface area contributed by atoms with E-state index >= 15 is 0 Å². The van der Waals surface area contributed by atoms with Gasteiger partial charge >= 0.3 is 5.97 Å². The summed E-state index contributed by atoms with van der Waals surface area (Å²) in [5.74, 6) is -0.240. The number of nitro groups is 1. The van der Waals surface area contributed by atoms with E-state index in [2.05, 4.69) is 20.7 Å². The number of halogens is 1. The van der Waals surface area contributed by atoms with Gasteiger partial charge in [0.2, 0.25) is 5.76 Å². The molecule has 0 aliphatic carbocycles. The van der Waals surface area contributed by atoms with Crippen LogP contribution in [0.3, 0.4) is 0 Å². The lowest BCUT2D eigenvalue weighted by Crippen LogP contribution is -2.27. The maximum Gasteiger partial charge on any atom is 0.373 e. The van der Waals surface area contributed by atoms with Gasteiger partial charge in [-0.3, -0.25) is 24.6 Å². The topological polar surface area (TPSA) is 138 Å². The number of amides is 2. The van der Waals surface area contributed by atoms with Gasteiger partial charge in [0.15, 0.2) is 11.5 Å². The number of furan rings is 1. The van der Waals surface area contributed by atoms with E-state index in [1.54, 1.807) is 30.3 Å². The van der Waals surface area contributed by atoms with Crippen molar-refractivity contribution < 1.29 is 37.9 Å². The molecule has 1 saturated heterocycles. The molecule has 0 unspecified atom stereocenters. The van der Waals surface area contributed by atoms with Crippen molar-refractivity contribution in [1.29, 1.82) is 0 Å². The number of carbonyl (C=O) groups excluding carboxylic acids is 3. The monoisotopic (exact) mass is 602 g/mol. The van der Waals surface area contributed by atoms with E-state index in [1.807, 2.05) is 0 Å². The van der Waals surface area contributed by atoms with Gasteiger partial charge in [-0.25, -0.2) is 4.79 Å². The molecule has 0 N–H and O–H groups in total. The van der Waals surface area contributed by atoms with Crippen molar-refractivity contribution in [2.75, 3.05) is 14.2 Å². The number of methoxy groups -OCH3 is 2. The number of esters is 1. The van der Waals surface area contributed by atoms with E-state index < -0.39 is 22.0 Å². The summed E-state index contributed by atoms with van der Waals surface area (Å²) in [6.45, 7) is -0.0822. The Labute approximate surface area is 228 Å². The largest absolute Gasteiger partial charge is 0.493 e. The average Bonchev–Trinajstić information content (AvgIpc) is 3.48. The Bertz CT molecular complexity index is 1470. The molecule has 11 nitrogen and oxygen atoms in total. The number of non-ortho nitro benzene ring substituents is 1. The fourth-order valence-electron chi connectivity index (χ4n) is 3.46. The SMILES string of the molecule is COC(=O)c1ccc(CN2C(=O)S/C(=C/c3cc(OC)c(OCc4cccc([N+](=O)[O-])c4)cc3Br)C2=O)o1. The van der Waals surface area contributed by atoms with Crippen LogP contribution in [0.2, 0.25) is 0 Å². The Balaban J connectivity index is 1.51. The van der Waals surface area contributed by atoms with Crippen molar-refractivity contribution in [3.8, 4) is 11.5 Å². The highest BCUT2D eigenvalue weighted by atomic mass is 79.9. The minimum Gasteiger partial charge on any atom is -0.493 e. The lowest BCUT2D eigenvalue weighted by molar-refractivity contribution is -0.384. The van der Waals surface area contributed by atoms with Gasteiger partial charge in [-0.1, -0.05) is 28.1 Å². The molecule has 1 aliphatic heterocycles. The zero-order valence-corrected chi connectivity index (χ0v) is 22.4. The minimum atomic E-state index is -0.665. The lowest BCUT2D eigenvalue weighted by atomic mass is 10.1. The van der Waals surface area contributed by atoms with E-state index in [-0.39, 0.29) is 35.3 Å². The van der Waals surface area contributed by atoms with Gasteiger partial charge in [-0.2, -0.15) is 0 Å². The molecule has 0 radical (unpaired) electrons. The number of carbonyl (C=O) groups is 3. The first-order chi connectivity index (χ1) is 18.2. The number of thioether (sulfide) groups is 1. The van der Waals surface area contributed by atoms with Gasteiger partial charge in [0, 0.05) is 16.6 Å². The smallest absolute Gasteiger partial charge is 0.373 e. The molecule has 1 fully saturated rings. The maximum absolute atomic E-state index is 13.0. The van der Waals surface area contributed by atoms with E-state index in [1.165, 1.54) is 38.5 Å². The fourth-order valence-corrected chi connectivity index (χ4v) is 4.73. The van der Waals surface area contributed by atoms with E-state index in [9.17, 15) is 24.5 Å². The summed E-state index contributed by atoms with van der Waals surface area (Å²) >= 11 is 4.22. The van der Waals surface area contributed by atoms with Crippen molar-refractivity contribution >= 4 is 56.6 Å². The van der Waals surface area contributed by atoms with Crippen molar-refractivity contribution in [3.63, 3.8) is 0 Å². The first kappa shape index (κ1) is 26.9. The zero-order valence-electron chi connectivity index (χ0n) is 20.0. The lowest BCUT2D eigenvalue weighted by Gasteiger charge is -2.13. The molecule has 13 heteroatoms. The number of hydrogen-bond donors (Lipinski definition) is 0. The fraction of sp³-hybridized carbons (Fsp3) is 0.160. The van der Waals surface area contributed by atoms with Gasteiger partial charge in [-0.05, 0) is 53.2 Å². The van der Waals surface area contributed by atoms with Crippen LogP contribution in [0.4, 0.5) is 10.5 Å². The molecule has 2 heterocycles. The van der Waals surface area contributed by atoms with Crippen LogP contribution in [0.25, 0.3) is 6.08 Å². The van der Waals surface area contributed by atoms with Crippen LogP contribution in [-0.4, -0.2) is 41.2 Å². The number of ether oxygens (including phenoxy) is 3. The minimum absolute atomic E-state index is 0.0335. The molecule has 38 heavy (non-hydrogen) atoms. The summed E-state index contributed by atoms with van der Waals surface area (Å²) in [5, 5.41) is 10.5. The first-order valence-corrected chi connectivity index (χ1v) is 12.5. The quantitative estimate of drug-likeness (QED) is 0.132. The van der Waals surface area contributed by atoms with Crippen LogP contribution < -0.4 is 9.47 Å². The third-order valence-corrected chi connectivity index (χ3v) is 6.92. The molecule has 0 saturated carbocycles. The highest BCUT2D eigenvalue weighted by Crippen LogP contribution is 2.39. The summed E-state index contributed by atoms with van der Waals surface area (Å²) < 4.78 is 21.8. The average molecular weight is 603 g/mol. The molecular weight excluding hydrogens is 584 g/mol. The van der Waals surface area contributed by atoms with Gasteiger partial charge in [0.25, 0.3) is 16.8 Å². The molecule has 2 amide bonds. The van der Waals surface area contributed by atoms with Crippen molar-refractivity contribution in [2.45, 2.75) is 13.2 Å². The molecule has 0 atom stereocenters. The van der Waals surface area contributed by atoms with E-state index in [4.69, 9.17) is 13.9 Å². The summed E-state index contributed by atoms with van der Waals surface area (Å²) in [5.41, 5.74) is 1.12. The van der Waals surface area contributed by atoms with Gasteiger partial charge in [0.1, 0.15) is 12.4 Å². The van der Waals surface area contributed by atoms with Crippen LogP contribution in [0.15, 0.2) is 62.3 Å². The third-order valence-electron chi connectivity index (χ3n) is 5.32. The molecular formula is C25H19BrN2O9S. The van der Waals surface area contributed by atoms with Gasteiger partial charge < -0.3 is 18.6 Å². The second-order valence-corrected chi connectivity index (χ2v) is 9.61. The van der Waals surface area contributed by atoms with E-state index in [0.29, 0.717) is 27.1 Å². The number of nitrogens with zero attached hydrogens (tertiary/aromatic N) is 2. The predicted molar refractivity (Wildman–Crippen MR) is 140 cm³/mol. The number of hydrogen-bond acceptors (Lipinski definition) is 10. The second kappa shape index (κ2) is 11.5. The summed E-state index contributed by atoms with van der Waals surface area (Å²) in [4.78, 5) is 48.8. The molecule has 4 rings (SSSR count). The van der Waals surface area contributed by atoms with Crippen LogP contribution in [0.1, 0.15) is 27.4 Å². The molecule has 2 aromatic carbocycles. The maximum atomic E-state index is 13.0. The Morgan fingerprint density at radius 2 is 1.95 bits per heavy atom. The molecule has 196 valence electrons. The molecule has 0 bridgehead atoms. The molecule has 3 aromatic rings. The Morgan fingerprint density at radius 3 is 2.66 bits per heavy atom. The van der Waals surface area contributed by atoms with Crippen molar-refractivity contribution in [3.05, 3.63) is 90.7 Å². The van der Waals surface area contributed by atoms with Crippen LogP contribution in [0.5, 0.6) is 11.5 Å². The van der Waals surface area contributed by atoms with E-state index in [0.717, 1.165) is 16.7 Å². The van der Waals surface area contributed by atoms with Crippen molar-refractivity contribution in [2.24, 2.45) is 0 Å². The Morgan fingerprint density at radius 1 is 1.16 bits per heavy atom. The van der Waals surface area contributed by atoms with Crippen LogP contribution in [-0.2, 0) is 22.7 Å². The standard InChI is InChI=1S/C25H19BrN2O9S/c1-34-20-9-15(18(26)11-21(20)36-13-14-4-3-5-16(8-14)28(32)33)10-22-23(29)27(25(31)38-22)12-17-6-7-19(37-17)24(30)35-2/h3-11H,12-13H2,1-2H3/b22-10+. The summed E-state index contributed by atoms with van der Waals surface area (Å²) in [6.07, 6.45) is 1.55. The Kier molecular flexibility index (Phi) is 8.17. The molecule has 0 spiro atoms. The number of benzene rings is 2. The zero-order chi connectivity index (χ0) is 27.4. The predicted octanol–water partition coefficient (Wildman–Crippen LogP) is 5.56. The molecule has 1 aromatic heterocycles. The number of nitro benzene ring substituents is 1. The van der Waals surface area contributed by atoms with Crippen LogP contribution >= 0.6 is 27.7 Å². The number of rotatable bonds is 9. The first-order valence-electron chi connectivity index (χ1n) is 10.9. The number of imide groups is 1. The third kappa shape index (κ3) is 5.89. The second-order valence-electron chi connectivity index (χ2n) is 7.77. The van der Waals surface area contributed by atoms with Crippen molar-refractivity contribution in [1.82, 2.24) is 4.90 Å². The van der Waals surface area contributed by atoms with Gasteiger partial charge in [-0.15, -0.1) is 0 Å². The normalized spacial score (nSPS) is 14.2. The summed E-state index contributed by atoms with van der Waals surface area (Å²) in [7, 11) is 2.67. The molecule has 1 aliphatic rings.